The maximum atomic E-state index is 5.55. The van der Waals surface area contributed by atoms with E-state index < -0.39 is 9.04 Å². The van der Waals surface area contributed by atoms with Crippen LogP contribution in [0.5, 0.6) is 0 Å². The van der Waals surface area contributed by atoms with E-state index in [2.05, 4.69) is 20.0 Å². The number of hydrogen-bond acceptors (Lipinski definition) is 1. The van der Waals surface area contributed by atoms with Gasteiger partial charge in [0.2, 0.25) is 9.04 Å². The van der Waals surface area contributed by atoms with Gasteiger partial charge in [0.1, 0.15) is 0 Å². The molecule has 0 aromatic carbocycles. The fraction of sp³-hybridized carbons (Fsp3) is 1.00. The van der Waals surface area contributed by atoms with Gasteiger partial charge in [-0.25, -0.2) is 0 Å². The molecule has 0 saturated heterocycles. The van der Waals surface area contributed by atoms with Crippen molar-refractivity contribution in [3.63, 3.8) is 0 Å². The summed E-state index contributed by atoms with van der Waals surface area (Å²) in [5.74, 6) is 0. The van der Waals surface area contributed by atoms with Gasteiger partial charge >= 0.3 is 0 Å². The summed E-state index contributed by atoms with van der Waals surface area (Å²) in [5, 5.41) is 0. The molecule has 0 bridgehead atoms. The van der Waals surface area contributed by atoms with Crippen molar-refractivity contribution in [3.05, 3.63) is 0 Å². The lowest BCUT2D eigenvalue weighted by Crippen LogP contribution is -2.08. The highest BCUT2D eigenvalue weighted by atomic mass is 28.3. The molecule has 0 aliphatic carbocycles. The minimum absolute atomic E-state index is 0.432. The molecule has 12 heavy (non-hydrogen) atoms. The van der Waals surface area contributed by atoms with Crippen molar-refractivity contribution in [1.29, 1.82) is 0 Å². The first kappa shape index (κ1) is 12.2. The van der Waals surface area contributed by atoms with Crippen LogP contribution in [0.4, 0.5) is 0 Å². The average Bonchev–Trinajstić information content (AvgIpc) is 2.02. The standard InChI is InChI=1S/C10H23OSi/c1-4-5-6-7-8-9-10-11-12(2)3/h4-10H2,1-3H3. The Labute approximate surface area is 79.2 Å². The van der Waals surface area contributed by atoms with E-state index >= 15 is 0 Å². The summed E-state index contributed by atoms with van der Waals surface area (Å²) in [6, 6.07) is 0. The Morgan fingerprint density at radius 3 is 2.08 bits per heavy atom. The minimum atomic E-state index is -0.432. The van der Waals surface area contributed by atoms with Crippen LogP contribution in [0.2, 0.25) is 13.1 Å². The van der Waals surface area contributed by atoms with Crippen molar-refractivity contribution in [3.8, 4) is 0 Å². The molecule has 0 aliphatic rings. The van der Waals surface area contributed by atoms with Crippen LogP contribution in [0.1, 0.15) is 45.4 Å². The quantitative estimate of drug-likeness (QED) is 0.416. The SMILES string of the molecule is CCCCCCCCO[Si](C)C. The van der Waals surface area contributed by atoms with E-state index in [1.165, 1.54) is 38.5 Å². The zero-order valence-electron chi connectivity index (χ0n) is 8.86. The highest BCUT2D eigenvalue weighted by Crippen LogP contribution is 2.04. The molecule has 2 heteroatoms. The topological polar surface area (TPSA) is 9.23 Å². The Morgan fingerprint density at radius 1 is 0.917 bits per heavy atom. The first-order valence-electron chi connectivity index (χ1n) is 5.20. The zero-order valence-corrected chi connectivity index (χ0v) is 9.86. The van der Waals surface area contributed by atoms with E-state index in [1.54, 1.807) is 0 Å². The van der Waals surface area contributed by atoms with Gasteiger partial charge in [-0.3, -0.25) is 0 Å². The van der Waals surface area contributed by atoms with Crippen LogP contribution in [0, 0.1) is 0 Å². The lowest BCUT2D eigenvalue weighted by Gasteiger charge is -2.04. The van der Waals surface area contributed by atoms with Gasteiger partial charge in [0.25, 0.3) is 0 Å². The number of unbranched alkanes of at least 4 members (excludes halogenated alkanes) is 5. The van der Waals surface area contributed by atoms with Crippen LogP contribution in [0.25, 0.3) is 0 Å². The van der Waals surface area contributed by atoms with Gasteiger partial charge in [-0.05, 0) is 19.5 Å². The van der Waals surface area contributed by atoms with Crippen molar-refractivity contribution in [2.45, 2.75) is 58.5 Å². The third kappa shape index (κ3) is 10.2. The number of rotatable bonds is 8. The van der Waals surface area contributed by atoms with Gasteiger partial charge in [0.15, 0.2) is 0 Å². The van der Waals surface area contributed by atoms with Crippen LogP contribution >= 0.6 is 0 Å². The van der Waals surface area contributed by atoms with Crippen molar-refractivity contribution < 1.29 is 4.43 Å². The summed E-state index contributed by atoms with van der Waals surface area (Å²) in [5.41, 5.74) is 0. The molecule has 0 aliphatic heterocycles. The maximum Gasteiger partial charge on any atom is 0.204 e. The highest BCUT2D eigenvalue weighted by molar-refractivity contribution is 6.48. The normalized spacial score (nSPS) is 11.0. The molecule has 0 heterocycles. The first-order chi connectivity index (χ1) is 5.77. The van der Waals surface area contributed by atoms with Crippen molar-refractivity contribution >= 4 is 9.04 Å². The predicted octanol–water partition coefficient (Wildman–Crippen LogP) is 3.61. The van der Waals surface area contributed by atoms with E-state index in [-0.39, 0.29) is 0 Å². The second-order valence-corrected chi connectivity index (χ2v) is 5.63. The predicted molar refractivity (Wildman–Crippen MR) is 56.8 cm³/mol. The third-order valence-corrected chi connectivity index (χ3v) is 2.67. The molecule has 0 aromatic heterocycles. The van der Waals surface area contributed by atoms with Gasteiger partial charge in [0.05, 0.1) is 0 Å². The lowest BCUT2D eigenvalue weighted by atomic mass is 10.1. The van der Waals surface area contributed by atoms with E-state index in [9.17, 15) is 0 Å². The Morgan fingerprint density at radius 2 is 1.50 bits per heavy atom. The molecule has 0 saturated carbocycles. The Kier molecular flexibility index (Phi) is 9.40. The zero-order chi connectivity index (χ0) is 9.23. The molecular formula is C10H23OSi. The maximum absolute atomic E-state index is 5.55. The summed E-state index contributed by atoms with van der Waals surface area (Å²) >= 11 is 0. The summed E-state index contributed by atoms with van der Waals surface area (Å²) in [7, 11) is -0.432. The van der Waals surface area contributed by atoms with Crippen LogP contribution < -0.4 is 0 Å². The molecule has 0 fully saturated rings. The molecule has 1 nitrogen and oxygen atoms in total. The molecule has 1 radical (unpaired) electrons. The molecule has 0 spiro atoms. The molecule has 0 atom stereocenters. The van der Waals surface area contributed by atoms with E-state index in [0.717, 1.165) is 6.61 Å². The molecule has 0 rings (SSSR count). The largest absolute Gasteiger partial charge is 0.417 e. The summed E-state index contributed by atoms with van der Waals surface area (Å²) in [6.45, 7) is 7.64. The fourth-order valence-corrected chi connectivity index (χ4v) is 1.71. The average molecular weight is 187 g/mol. The van der Waals surface area contributed by atoms with Gasteiger partial charge in [-0.15, -0.1) is 0 Å². The Balaban J connectivity index is 2.82. The van der Waals surface area contributed by atoms with Crippen LogP contribution in [-0.2, 0) is 4.43 Å². The summed E-state index contributed by atoms with van der Waals surface area (Å²) in [6.07, 6.45) is 8.17. The van der Waals surface area contributed by atoms with Gasteiger partial charge in [0, 0.05) is 6.61 Å². The highest BCUT2D eigenvalue weighted by Gasteiger charge is 1.95. The molecule has 0 N–H and O–H groups in total. The van der Waals surface area contributed by atoms with E-state index in [0.29, 0.717) is 0 Å². The fourth-order valence-electron chi connectivity index (χ4n) is 1.16. The second-order valence-electron chi connectivity index (χ2n) is 3.52. The molecular weight excluding hydrogens is 164 g/mol. The van der Waals surface area contributed by atoms with E-state index in [4.69, 9.17) is 4.43 Å². The lowest BCUT2D eigenvalue weighted by molar-refractivity contribution is 0.312. The molecule has 73 valence electrons. The summed E-state index contributed by atoms with van der Waals surface area (Å²) in [4.78, 5) is 0. The molecule has 0 aromatic rings. The smallest absolute Gasteiger partial charge is 0.204 e. The monoisotopic (exact) mass is 187 g/mol. The molecule has 0 amide bonds. The number of hydrogen-bond donors (Lipinski definition) is 0. The van der Waals surface area contributed by atoms with Crippen molar-refractivity contribution in [2.24, 2.45) is 0 Å². The Hall–Kier alpha value is 0.177. The van der Waals surface area contributed by atoms with Crippen LogP contribution in [0.15, 0.2) is 0 Å². The van der Waals surface area contributed by atoms with E-state index in [1.807, 2.05) is 0 Å². The third-order valence-electron chi connectivity index (χ3n) is 1.89. The van der Waals surface area contributed by atoms with Gasteiger partial charge < -0.3 is 4.43 Å². The Bertz CT molecular complexity index is 83.9. The van der Waals surface area contributed by atoms with Crippen LogP contribution in [0.3, 0.4) is 0 Å². The first-order valence-corrected chi connectivity index (χ1v) is 7.61. The molecule has 0 unspecified atom stereocenters. The van der Waals surface area contributed by atoms with Crippen LogP contribution in [-0.4, -0.2) is 15.6 Å². The summed E-state index contributed by atoms with van der Waals surface area (Å²) < 4.78 is 5.55. The van der Waals surface area contributed by atoms with Crippen molar-refractivity contribution in [1.82, 2.24) is 0 Å². The van der Waals surface area contributed by atoms with Gasteiger partial charge in [-0.1, -0.05) is 39.0 Å². The minimum Gasteiger partial charge on any atom is -0.417 e. The van der Waals surface area contributed by atoms with Gasteiger partial charge in [-0.2, -0.15) is 0 Å². The van der Waals surface area contributed by atoms with Crippen molar-refractivity contribution in [2.75, 3.05) is 6.61 Å². The second kappa shape index (κ2) is 9.27.